The molecule has 0 aliphatic rings. The van der Waals surface area contributed by atoms with E-state index in [9.17, 15) is 28.0 Å². The van der Waals surface area contributed by atoms with Crippen molar-refractivity contribution >= 4 is 27.7 Å². The number of hydrogen-bond acceptors (Lipinski definition) is 6. The molecule has 0 aliphatic heterocycles. The molecule has 0 heterocycles. The SMILES string of the molecule is CNC(=O)[C@H](NC(=O)N(O)C(=O)CCCC(C)C)C(C)(C)S(C)(=O)=O. The Morgan fingerprint density at radius 3 is 2.12 bits per heavy atom. The zero-order valence-corrected chi connectivity index (χ0v) is 16.4. The second-order valence-electron chi connectivity index (χ2n) is 6.86. The molecule has 0 aliphatic carbocycles. The lowest BCUT2D eigenvalue weighted by Crippen LogP contribution is -2.62. The van der Waals surface area contributed by atoms with Crippen molar-refractivity contribution in [2.24, 2.45) is 5.92 Å². The van der Waals surface area contributed by atoms with Crippen LogP contribution in [0.2, 0.25) is 0 Å². The van der Waals surface area contributed by atoms with Gasteiger partial charge in [0.05, 0.1) is 4.75 Å². The summed E-state index contributed by atoms with van der Waals surface area (Å²) in [7, 11) is -2.45. The predicted molar refractivity (Wildman–Crippen MR) is 92.6 cm³/mol. The van der Waals surface area contributed by atoms with Gasteiger partial charge in [0.2, 0.25) is 5.91 Å². The summed E-state index contributed by atoms with van der Waals surface area (Å²) in [6.45, 7) is 6.51. The molecule has 0 radical (unpaired) electrons. The molecule has 0 saturated carbocycles. The van der Waals surface area contributed by atoms with Crippen LogP contribution in [0.3, 0.4) is 0 Å². The molecule has 0 fully saturated rings. The van der Waals surface area contributed by atoms with Gasteiger partial charge in [-0.3, -0.25) is 14.8 Å². The van der Waals surface area contributed by atoms with Crippen molar-refractivity contribution in [2.45, 2.75) is 57.7 Å². The average molecular weight is 379 g/mol. The van der Waals surface area contributed by atoms with Gasteiger partial charge < -0.3 is 10.6 Å². The molecule has 0 rings (SSSR count). The van der Waals surface area contributed by atoms with Gasteiger partial charge >= 0.3 is 6.03 Å². The van der Waals surface area contributed by atoms with Gasteiger partial charge in [-0.1, -0.05) is 20.3 Å². The third-order valence-electron chi connectivity index (χ3n) is 4.03. The zero-order chi connectivity index (χ0) is 20.0. The molecule has 0 spiro atoms. The van der Waals surface area contributed by atoms with Gasteiger partial charge in [-0.25, -0.2) is 13.2 Å². The van der Waals surface area contributed by atoms with Gasteiger partial charge in [-0.2, -0.15) is 0 Å². The number of amides is 4. The van der Waals surface area contributed by atoms with Crippen LogP contribution in [0.5, 0.6) is 0 Å². The van der Waals surface area contributed by atoms with Gasteiger partial charge in [0, 0.05) is 19.7 Å². The fourth-order valence-corrected chi connectivity index (χ4v) is 2.57. The predicted octanol–water partition coefficient (Wildman–Crippen LogP) is 0.678. The summed E-state index contributed by atoms with van der Waals surface area (Å²) >= 11 is 0. The average Bonchev–Trinajstić information content (AvgIpc) is 2.48. The van der Waals surface area contributed by atoms with Crippen molar-refractivity contribution in [3.05, 3.63) is 0 Å². The Morgan fingerprint density at radius 2 is 1.72 bits per heavy atom. The Labute approximate surface area is 149 Å². The molecule has 0 aromatic heterocycles. The van der Waals surface area contributed by atoms with Crippen LogP contribution in [0.1, 0.15) is 47.0 Å². The highest BCUT2D eigenvalue weighted by atomic mass is 32.2. The molecule has 0 aromatic rings. The van der Waals surface area contributed by atoms with E-state index in [-0.39, 0.29) is 11.5 Å². The van der Waals surface area contributed by atoms with E-state index in [1.54, 1.807) is 0 Å². The molecule has 0 bridgehead atoms. The number of carbonyl (C=O) groups is 3. The Bertz CT molecular complexity index is 600. The topological polar surface area (TPSA) is 133 Å². The minimum Gasteiger partial charge on any atom is -0.357 e. The van der Waals surface area contributed by atoms with Crippen LogP contribution in [-0.4, -0.2) is 60.6 Å². The fourth-order valence-electron chi connectivity index (χ4n) is 1.98. The number of hydroxylamine groups is 2. The first-order valence-electron chi connectivity index (χ1n) is 7.99. The molecule has 146 valence electrons. The van der Waals surface area contributed by atoms with Crippen LogP contribution >= 0.6 is 0 Å². The van der Waals surface area contributed by atoms with E-state index in [4.69, 9.17) is 0 Å². The quantitative estimate of drug-likeness (QED) is 0.419. The molecule has 3 N–H and O–H groups in total. The van der Waals surface area contributed by atoms with Gasteiger partial charge in [-0.15, -0.1) is 5.06 Å². The van der Waals surface area contributed by atoms with E-state index in [0.717, 1.165) is 12.7 Å². The standard InChI is InChI=1S/C15H29N3O6S/c1-10(2)8-7-9-11(19)18(22)14(21)17-12(13(20)16-5)15(3,4)25(6,23)24/h10,12,22H,7-9H2,1-6H3,(H,16,20)(H,17,21)/t12-/m0/s1. The summed E-state index contributed by atoms with van der Waals surface area (Å²) in [4.78, 5) is 35.9. The first-order valence-corrected chi connectivity index (χ1v) is 9.88. The van der Waals surface area contributed by atoms with E-state index < -0.39 is 38.5 Å². The van der Waals surface area contributed by atoms with Crippen molar-refractivity contribution in [2.75, 3.05) is 13.3 Å². The Hall–Kier alpha value is -1.68. The Kier molecular flexibility index (Phi) is 8.52. The lowest BCUT2D eigenvalue weighted by molar-refractivity contribution is -0.153. The third kappa shape index (κ3) is 6.62. The van der Waals surface area contributed by atoms with Crippen molar-refractivity contribution in [3.8, 4) is 0 Å². The summed E-state index contributed by atoms with van der Waals surface area (Å²) in [6.07, 6.45) is 2.14. The van der Waals surface area contributed by atoms with E-state index >= 15 is 0 Å². The van der Waals surface area contributed by atoms with E-state index in [0.29, 0.717) is 12.3 Å². The fraction of sp³-hybridized carbons (Fsp3) is 0.800. The van der Waals surface area contributed by atoms with Crippen LogP contribution in [0.15, 0.2) is 0 Å². The summed E-state index contributed by atoms with van der Waals surface area (Å²) < 4.78 is 22.2. The number of nitrogens with zero attached hydrogens (tertiary/aromatic N) is 1. The van der Waals surface area contributed by atoms with Crippen molar-refractivity contribution in [1.29, 1.82) is 0 Å². The van der Waals surface area contributed by atoms with Gasteiger partial charge in [-0.05, 0) is 26.2 Å². The molecular weight excluding hydrogens is 350 g/mol. The number of imide groups is 1. The Morgan fingerprint density at radius 1 is 1.20 bits per heavy atom. The lowest BCUT2D eigenvalue weighted by atomic mass is 10.0. The molecule has 0 saturated heterocycles. The number of carbonyl (C=O) groups excluding carboxylic acids is 3. The molecule has 25 heavy (non-hydrogen) atoms. The molecule has 0 aromatic carbocycles. The minimum absolute atomic E-state index is 0.0395. The number of urea groups is 1. The van der Waals surface area contributed by atoms with E-state index in [1.165, 1.54) is 20.9 Å². The first-order chi connectivity index (χ1) is 11.3. The highest BCUT2D eigenvalue weighted by Gasteiger charge is 2.44. The molecule has 4 amide bonds. The van der Waals surface area contributed by atoms with E-state index in [2.05, 4.69) is 10.6 Å². The zero-order valence-electron chi connectivity index (χ0n) is 15.6. The van der Waals surface area contributed by atoms with Gasteiger partial charge in [0.25, 0.3) is 5.91 Å². The van der Waals surface area contributed by atoms with Gasteiger partial charge in [0.15, 0.2) is 9.84 Å². The summed E-state index contributed by atoms with van der Waals surface area (Å²) in [6, 6.07) is -2.74. The maximum atomic E-state index is 12.1. The van der Waals surface area contributed by atoms with Gasteiger partial charge in [0.1, 0.15) is 6.04 Å². The number of hydrogen-bond donors (Lipinski definition) is 3. The van der Waals surface area contributed by atoms with Crippen LogP contribution in [-0.2, 0) is 19.4 Å². The molecule has 0 unspecified atom stereocenters. The maximum absolute atomic E-state index is 12.1. The van der Waals surface area contributed by atoms with Crippen LogP contribution in [0, 0.1) is 5.92 Å². The van der Waals surface area contributed by atoms with Crippen molar-refractivity contribution in [1.82, 2.24) is 15.7 Å². The Balaban J connectivity index is 5.16. The smallest absolute Gasteiger partial charge is 0.349 e. The number of sulfone groups is 1. The summed E-state index contributed by atoms with van der Waals surface area (Å²) in [5.41, 5.74) is 0. The number of nitrogens with one attached hydrogen (secondary N) is 2. The van der Waals surface area contributed by atoms with Crippen molar-refractivity contribution in [3.63, 3.8) is 0 Å². The first kappa shape index (κ1) is 23.3. The van der Waals surface area contributed by atoms with Crippen LogP contribution < -0.4 is 10.6 Å². The summed E-state index contributed by atoms with van der Waals surface area (Å²) in [5, 5.41) is 14.0. The van der Waals surface area contributed by atoms with Crippen molar-refractivity contribution < 1.29 is 28.0 Å². The second-order valence-corrected chi connectivity index (χ2v) is 9.46. The molecule has 9 nitrogen and oxygen atoms in total. The monoisotopic (exact) mass is 379 g/mol. The number of likely N-dealkylation sites (N-methyl/N-ethyl adjacent to an activating group) is 1. The summed E-state index contributed by atoms with van der Waals surface area (Å²) in [5.74, 6) is -1.21. The molecule has 1 atom stereocenters. The maximum Gasteiger partial charge on any atom is 0.349 e. The highest BCUT2D eigenvalue weighted by molar-refractivity contribution is 7.92. The van der Waals surface area contributed by atoms with E-state index in [1.807, 2.05) is 13.8 Å². The largest absolute Gasteiger partial charge is 0.357 e. The second kappa shape index (κ2) is 9.14. The minimum atomic E-state index is -3.73. The third-order valence-corrected chi connectivity index (χ3v) is 6.18. The normalized spacial score (nSPS) is 13.3. The lowest BCUT2D eigenvalue weighted by Gasteiger charge is -2.32. The van der Waals surface area contributed by atoms with Crippen LogP contribution in [0.25, 0.3) is 0 Å². The molecule has 10 heteroatoms. The molecular formula is C15H29N3O6S. The van der Waals surface area contributed by atoms with Crippen LogP contribution in [0.4, 0.5) is 4.79 Å². The highest BCUT2D eigenvalue weighted by Crippen LogP contribution is 2.21. The number of rotatable bonds is 8.